The first-order valence-corrected chi connectivity index (χ1v) is 7.93. The number of ether oxygens (including phenoxy) is 1. The number of amides is 2. The normalized spacial score (nSPS) is 11.0. The Labute approximate surface area is 154 Å². The topological polar surface area (TPSA) is 108 Å². The van der Waals surface area contributed by atoms with Gasteiger partial charge >= 0.3 is 5.97 Å². The van der Waals surface area contributed by atoms with Crippen LogP contribution in [0.5, 0.6) is 0 Å². The molecule has 7 nitrogen and oxygen atoms in total. The maximum atomic E-state index is 12.9. The van der Waals surface area contributed by atoms with E-state index < -0.39 is 29.7 Å². The van der Waals surface area contributed by atoms with Crippen LogP contribution in [0, 0.1) is 17.1 Å². The van der Waals surface area contributed by atoms with Crippen LogP contribution < -0.4 is 10.6 Å². The second-order valence-corrected chi connectivity index (χ2v) is 5.50. The zero-order valence-electron chi connectivity index (χ0n) is 14.4. The zero-order chi connectivity index (χ0) is 19.8. The van der Waals surface area contributed by atoms with Gasteiger partial charge in [0.15, 0.2) is 6.10 Å². The third kappa shape index (κ3) is 5.93. The molecule has 8 heteroatoms. The average Bonchev–Trinajstić information content (AvgIpc) is 2.64. The van der Waals surface area contributed by atoms with E-state index in [-0.39, 0.29) is 12.0 Å². The van der Waals surface area contributed by atoms with E-state index in [4.69, 9.17) is 10.00 Å². The Hall–Kier alpha value is -3.73. The SMILES string of the molecule is C[C@@H](OC(=O)c1ccc(NC(=O)CC#N)cc1)C(=O)Nc1ccc(F)cc1. The van der Waals surface area contributed by atoms with Gasteiger partial charge in [0.05, 0.1) is 11.6 Å². The lowest BCUT2D eigenvalue weighted by Gasteiger charge is -2.14. The molecule has 0 aliphatic rings. The Balaban J connectivity index is 1.91. The molecule has 0 saturated heterocycles. The van der Waals surface area contributed by atoms with Crippen molar-refractivity contribution in [3.63, 3.8) is 0 Å². The molecule has 138 valence electrons. The molecule has 2 amide bonds. The maximum absolute atomic E-state index is 12.9. The first kappa shape index (κ1) is 19.6. The van der Waals surface area contributed by atoms with Crippen molar-refractivity contribution in [2.45, 2.75) is 19.4 Å². The summed E-state index contributed by atoms with van der Waals surface area (Å²) in [5.74, 6) is -2.17. The van der Waals surface area contributed by atoms with Gasteiger partial charge in [-0.25, -0.2) is 9.18 Å². The van der Waals surface area contributed by atoms with Crippen molar-refractivity contribution < 1.29 is 23.5 Å². The third-order valence-electron chi connectivity index (χ3n) is 3.41. The van der Waals surface area contributed by atoms with Crippen LogP contribution in [0.4, 0.5) is 15.8 Å². The van der Waals surface area contributed by atoms with Crippen LogP contribution in [-0.2, 0) is 14.3 Å². The number of anilines is 2. The predicted octanol–water partition coefficient (Wildman–Crippen LogP) is 2.86. The fourth-order valence-corrected chi connectivity index (χ4v) is 2.03. The lowest BCUT2D eigenvalue weighted by molar-refractivity contribution is -0.123. The first-order chi connectivity index (χ1) is 12.9. The highest BCUT2D eigenvalue weighted by atomic mass is 19.1. The van der Waals surface area contributed by atoms with Crippen molar-refractivity contribution in [3.05, 3.63) is 59.9 Å². The van der Waals surface area contributed by atoms with Crippen molar-refractivity contribution in [3.8, 4) is 6.07 Å². The van der Waals surface area contributed by atoms with E-state index in [1.165, 1.54) is 55.5 Å². The summed E-state index contributed by atoms with van der Waals surface area (Å²) in [5.41, 5.74) is 0.991. The summed E-state index contributed by atoms with van der Waals surface area (Å²) >= 11 is 0. The number of rotatable bonds is 6. The molecular formula is C19H16FN3O4. The van der Waals surface area contributed by atoms with Crippen molar-refractivity contribution in [2.24, 2.45) is 0 Å². The number of carbonyl (C=O) groups is 3. The number of esters is 1. The number of carbonyl (C=O) groups excluding carboxylic acids is 3. The molecule has 0 heterocycles. The van der Waals surface area contributed by atoms with Gasteiger partial charge in [0.2, 0.25) is 5.91 Å². The fraction of sp³-hybridized carbons (Fsp3) is 0.158. The summed E-state index contributed by atoms with van der Waals surface area (Å²) in [6, 6.07) is 12.7. The highest BCUT2D eigenvalue weighted by molar-refractivity contribution is 5.98. The molecule has 0 spiro atoms. The molecular weight excluding hydrogens is 353 g/mol. The monoisotopic (exact) mass is 369 g/mol. The number of benzene rings is 2. The minimum atomic E-state index is -1.07. The molecule has 0 unspecified atom stereocenters. The molecule has 0 fully saturated rings. The molecule has 2 rings (SSSR count). The van der Waals surface area contributed by atoms with Crippen LogP contribution in [0.2, 0.25) is 0 Å². The first-order valence-electron chi connectivity index (χ1n) is 7.93. The van der Waals surface area contributed by atoms with Gasteiger partial charge in [-0.3, -0.25) is 9.59 Å². The molecule has 0 aliphatic carbocycles. The van der Waals surface area contributed by atoms with E-state index >= 15 is 0 Å². The van der Waals surface area contributed by atoms with E-state index in [2.05, 4.69) is 10.6 Å². The lowest BCUT2D eigenvalue weighted by atomic mass is 10.2. The zero-order valence-corrected chi connectivity index (χ0v) is 14.4. The van der Waals surface area contributed by atoms with Gasteiger partial charge in [0.25, 0.3) is 5.91 Å². The van der Waals surface area contributed by atoms with Gasteiger partial charge < -0.3 is 15.4 Å². The summed E-state index contributed by atoms with van der Waals surface area (Å²) in [6.45, 7) is 1.41. The van der Waals surface area contributed by atoms with Crippen LogP contribution in [-0.4, -0.2) is 23.9 Å². The number of hydrogen-bond donors (Lipinski definition) is 2. The van der Waals surface area contributed by atoms with E-state index in [1.807, 2.05) is 0 Å². The van der Waals surface area contributed by atoms with Gasteiger partial charge in [0.1, 0.15) is 12.2 Å². The molecule has 1 atom stereocenters. The number of nitriles is 1. The van der Waals surface area contributed by atoms with Crippen molar-refractivity contribution in [2.75, 3.05) is 10.6 Å². The smallest absolute Gasteiger partial charge is 0.338 e. The molecule has 0 radical (unpaired) electrons. The molecule has 2 aromatic carbocycles. The Morgan fingerprint density at radius 3 is 2.19 bits per heavy atom. The Kier molecular flexibility index (Phi) is 6.61. The average molecular weight is 369 g/mol. The molecule has 0 saturated carbocycles. The van der Waals surface area contributed by atoms with Gasteiger partial charge in [-0.05, 0) is 55.5 Å². The summed E-state index contributed by atoms with van der Waals surface area (Å²) < 4.78 is 18.0. The summed E-state index contributed by atoms with van der Waals surface area (Å²) in [4.78, 5) is 35.5. The van der Waals surface area contributed by atoms with Crippen molar-refractivity contribution in [1.29, 1.82) is 5.26 Å². The largest absolute Gasteiger partial charge is 0.449 e. The van der Waals surface area contributed by atoms with Crippen LogP contribution in [0.3, 0.4) is 0 Å². The maximum Gasteiger partial charge on any atom is 0.338 e. The standard InChI is InChI=1S/C19H16FN3O4/c1-12(18(25)23-16-8-4-14(20)5-9-16)27-19(26)13-2-6-15(7-3-13)22-17(24)10-11-21/h2-9,12H,10H2,1H3,(H,22,24)(H,23,25)/t12-/m1/s1. The molecule has 0 aliphatic heterocycles. The van der Waals surface area contributed by atoms with Gasteiger partial charge in [-0.15, -0.1) is 0 Å². The number of halogens is 1. The quantitative estimate of drug-likeness (QED) is 0.761. The third-order valence-corrected chi connectivity index (χ3v) is 3.41. The minimum Gasteiger partial charge on any atom is -0.449 e. The highest BCUT2D eigenvalue weighted by Crippen LogP contribution is 2.13. The molecule has 2 aromatic rings. The van der Waals surface area contributed by atoms with Crippen LogP contribution in [0.15, 0.2) is 48.5 Å². The Morgan fingerprint density at radius 1 is 1.04 bits per heavy atom. The summed E-state index contributed by atoms with van der Waals surface area (Å²) in [7, 11) is 0. The van der Waals surface area contributed by atoms with Crippen LogP contribution in [0.1, 0.15) is 23.7 Å². The van der Waals surface area contributed by atoms with E-state index in [1.54, 1.807) is 6.07 Å². The number of nitrogens with one attached hydrogen (secondary N) is 2. The van der Waals surface area contributed by atoms with Gasteiger partial charge in [-0.1, -0.05) is 0 Å². The van der Waals surface area contributed by atoms with Crippen molar-refractivity contribution >= 4 is 29.2 Å². The minimum absolute atomic E-state index is 0.190. The highest BCUT2D eigenvalue weighted by Gasteiger charge is 2.19. The fourth-order valence-electron chi connectivity index (χ4n) is 2.03. The lowest BCUT2D eigenvalue weighted by Crippen LogP contribution is -2.30. The Bertz CT molecular complexity index is 873. The van der Waals surface area contributed by atoms with Crippen LogP contribution in [0.25, 0.3) is 0 Å². The number of nitrogens with zero attached hydrogens (tertiary/aromatic N) is 1. The molecule has 0 bridgehead atoms. The summed E-state index contributed by atoms with van der Waals surface area (Å²) in [6.07, 6.45) is -1.35. The molecule has 2 N–H and O–H groups in total. The number of hydrogen-bond acceptors (Lipinski definition) is 5. The second kappa shape index (κ2) is 9.10. The van der Waals surface area contributed by atoms with E-state index in [0.717, 1.165) is 0 Å². The van der Waals surface area contributed by atoms with Gasteiger partial charge in [-0.2, -0.15) is 5.26 Å². The van der Waals surface area contributed by atoms with Crippen LogP contribution >= 0.6 is 0 Å². The second-order valence-electron chi connectivity index (χ2n) is 5.50. The Morgan fingerprint density at radius 2 is 1.59 bits per heavy atom. The predicted molar refractivity (Wildman–Crippen MR) is 95.2 cm³/mol. The van der Waals surface area contributed by atoms with Gasteiger partial charge in [0, 0.05) is 11.4 Å². The summed E-state index contributed by atoms with van der Waals surface area (Å²) in [5, 5.41) is 13.5. The molecule has 0 aromatic heterocycles. The van der Waals surface area contributed by atoms with E-state index in [9.17, 15) is 18.8 Å². The van der Waals surface area contributed by atoms with E-state index in [0.29, 0.717) is 11.4 Å². The molecule has 27 heavy (non-hydrogen) atoms. The van der Waals surface area contributed by atoms with Crippen molar-refractivity contribution in [1.82, 2.24) is 0 Å².